The molecule has 30 heavy (non-hydrogen) atoms. The van der Waals surface area contributed by atoms with Gasteiger partial charge in [-0.1, -0.05) is 30.3 Å². The Kier molecular flexibility index (Phi) is 6.85. The smallest absolute Gasteiger partial charge is 0.431 e. The van der Waals surface area contributed by atoms with Crippen LogP contribution in [-0.4, -0.2) is 22.8 Å². The van der Waals surface area contributed by atoms with Crippen molar-refractivity contribution in [3.05, 3.63) is 65.0 Å². The first-order chi connectivity index (χ1) is 13.9. The molecule has 2 rings (SSSR count). The highest BCUT2D eigenvalue weighted by Crippen LogP contribution is 2.29. The van der Waals surface area contributed by atoms with Crippen LogP contribution in [0, 0.1) is 29.1 Å². The van der Waals surface area contributed by atoms with Crippen LogP contribution in [0.5, 0.6) is 5.75 Å². The highest BCUT2D eigenvalue weighted by molar-refractivity contribution is 5.75. The van der Waals surface area contributed by atoms with E-state index < -0.39 is 52.6 Å². The third-order valence-electron chi connectivity index (χ3n) is 3.39. The third-order valence-corrected chi connectivity index (χ3v) is 3.39. The zero-order chi connectivity index (χ0) is 22.6. The highest BCUT2D eigenvalue weighted by Gasteiger charge is 2.30. The van der Waals surface area contributed by atoms with Crippen molar-refractivity contribution in [2.24, 2.45) is 0 Å². The molecule has 0 bridgehead atoms. The van der Waals surface area contributed by atoms with Crippen LogP contribution in [0.3, 0.4) is 0 Å². The van der Waals surface area contributed by atoms with Crippen LogP contribution in [0.25, 0.3) is 0 Å². The molecular formula is C19H17F5N2O4. The molecule has 162 valence electrons. The summed E-state index contributed by atoms with van der Waals surface area (Å²) in [6.07, 6.45) is -2.74. The second-order valence-corrected chi connectivity index (χ2v) is 6.95. The molecule has 11 heteroatoms. The second-order valence-electron chi connectivity index (χ2n) is 6.95. The van der Waals surface area contributed by atoms with E-state index in [1.807, 2.05) is 5.43 Å². The minimum absolute atomic E-state index is 0.248. The van der Waals surface area contributed by atoms with E-state index in [0.717, 1.165) is 0 Å². The van der Waals surface area contributed by atoms with Crippen molar-refractivity contribution >= 4 is 12.2 Å². The van der Waals surface area contributed by atoms with Crippen LogP contribution in [-0.2, 0) is 11.3 Å². The fraction of sp³-hybridized carbons (Fsp3) is 0.263. The Labute approximate surface area is 168 Å². The van der Waals surface area contributed by atoms with Crippen molar-refractivity contribution in [3.63, 3.8) is 0 Å². The highest BCUT2D eigenvalue weighted by atomic mass is 19.2. The fourth-order valence-electron chi connectivity index (χ4n) is 2.13. The normalized spacial score (nSPS) is 11.1. The number of ether oxygens (including phenoxy) is 2. The number of amides is 2. The van der Waals surface area contributed by atoms with Crippen LogP contribution in [0.4, 0.5) is 31.5 Å². The zero-order valence-corrected chi connectivity index (χ0v) is 16.1. The van der Waals surface area contributed by atoms with Gasteiger partial charge in [-0.15, -0.1) is 0 Å². The second kappa shape index (κ2) is 8.97. The number of hydrogen-bond donors (Lipinski definition) is 1. The molecule has 0 atom stereocenters. The molecule has 0 aliphatic rings. The van der Waals surface area contributed by atoms with Crippen LogP contribution in [0.2, 0.25) is 0 Å². The predicted octanol–water partition coefficient (Wildman–Crippen LogP) is 4.82. The van der Waals surface area contributed by atoms with Crippen LogP contribution >= 0.6 is 0 Å². The van der Waals surface area contributed by atoms with E-state index in [2.05, 4.69) is 4.74 Å². The Morgan fingerprint density at radius 2 is 1.40 bits per heavy atom. The van der Waals surface area contributed by atoms with Crippen molar-refractivity contribution in [2.75, 3.05) is 0 Å². The number of nitrogens with zero attached hydrogens (tertiary/aromatic N) is 1. The van der Waals surface area contributed by atoms with Gasteiger partial charge >= 0.3 is 12.2 Å². The maximum Gasteiger partial charge on any atom is 0.431 e. The van der Waals surface area contributed by atoms with E-state index in [0.29, 0.717) is 10.6 Å². The van der Waals surface area contributed by atoms with E-state index in [4.69, 9.17) is 4.74 Å². The van der Waals surface area contributed by atoms with E-state index in [-0.39, 0.29) is 6.54 Å². The van der Waals surface area contributed by atoms with Crippen molar-refractivity contribution in [1.82, 2.24) is 10.4 Å². The maximum atomic E-state index is 13.7. The number of carbonyl (C=O) groups excluding carboxylic acids is 2. The lowest BCUT2D eigenvalue weighted by molar-refractivity contribution is 0.0125. The van der Waals surface area contributed by atoms with Gasteiger partial charge in [0.05, 0.1) is 6.54 Å². The van der Waals surface area contributed by atoms with Gasteiger partial charge in [-0.25, -0.2) is 33.2 Å². The molecule has 0 aliphatic carbocycles. The van der Waals surface area contributed by atoms with Gasteiger partial charge in [0, 0.05) is 0 Å². The molecule has 0 unspecified atom stereocenters. The minimum atomic E-state index is -2.41. The van der Waals surface area contributed by atoms with E-state index in [1.54, 1.807) is 51.1 Å². The largest absolute Gasteiger partial charge is 0.442 e. The molecule has 0 fully saturated rings. The average Bonchev–Trinajstić information content (AvgIpc) is 2.67. The maximum absolute atomic E-state index is 13.7. The van der Waals surface area contributed by atoms with Crippen molar-refractivity contribution < 1.29 is 41.0 Å². The summed E-state index contributed by atoms with van der Waals surface area (Å²) in [5, 5.41) is 0.620. The molecule has 0 heterocycles. The van der Waals surface area contributed by atoms with Crippen LogP contribution < -0.4 is 10.2 Å². The lowest BCUT2D eigenvalue weighted by Crippen LogP contribution is -2.48. The Morgan fingerprint density at radius 3 is 1.90 bits per heavy atom. The van der Waals surface area contributed by atoms with E-state index >= 15 is 0 Å². The number of hydrogen-bond acceptors (Lipinski definition) is 4. The summed E-state index contributed by atoms with van der Waals surface area (Å²) in [5.74, 6) is -13.5. The van der Waals surface area contributed by atoms with Gasteiger partial charge in [0.2, 0.25) is 34.8 Å². The summed E-state index contributed by atoms with van der Waals surface area (Å²) in [6.45, 7) is 4.41. The quantitative estimate of drug-likeness (QED) is 0.327. The minimum Gasteiger partial charge on any atom is -0.442 e. The molecule has 0 aromatic heterocycles. The number of hydrazine groups is 1. The van der Waals surface area contributed by atoms with E-state index in [1.165, 1.54) is 0 Å². The molecule has 0 radical (unpaired) electrons. The Morgan fingerprint density at radius 1 is 0.900 bits per heavy atom. The average molecular weight is 432 g/mol. The summed E-state index contributed by atoms with van der Waals surface area (Å²) in [7, 11) is 0. The number of rotatable bonds is 3. The molecule has 0 spiro atoms. The first-order valence-corrected chi connectivity index (χ1v) is 8.45. The lowest BCUT2D eigenvalue weighted by Gasteiger charge is -2.27. The molecule has 1 N–H and O–H groups in total. The van der Waals surface area contributed by atoms with Gasteiger partial charge in [-0.2, -0.15) is 8.78 Å². The van der Waals surface area contributed by atoms with Gasteiger partial charge in [0.25, 0.3) is 0 Å². The summed E-state index contributed by atoms with van der Waals surface area (Å²) >= 11 is 0. The molecule has 2 aromatic rings. The standard InChI is InChI=1S/C19H17F5N2O4/c1-19(2,3)30-18(28)26(9-10-7-5-4-6-8-10)25-17(27)29-16-14(23)12(21)11(20)13(22)15(16)24/h4-8H,9H2,1-3H3,(H,25,27). The zero-order valence-electron chi connectivity index (χ0n) is 16.1. The first-order valence-electron chi connectivity index (χ1n) is 8.45. The van der Waals surface area contributed by atoms with Crippen molar-refractivity contribution in [2.45, 2.75) is 32.9 Å². The van der Waals surface area contributed by atoms with Gasteiger partial charge in [-0.05, 0) is 26.3 Å². The Balaban J connectivity index is 2.25. The fourth-order valence-corrected chi connectivity index (χ4v) is 2.13. The van der Waals surface area contributed by atoms with Gasteiger partial charge in [0.15, 0.2) is 0 Å². The molecule has 6 nitrogen and oxygen atoms in total. The number of halogens is 5. The number of carbonyl (C=O) groups is 2. The van der Waals surface area contributed by atoms with Gasteiger partial charge < -0.3 is 9.47 Å². The lowest BCUT2D eigenvalue weighted by atomic mass is 10.2. The summed E-state index contributed by atoms with van der Waals surface area (Å²) in [5.41, 5.74) is 1.44. The SMILES string of the molecule is CC(C)(C)OC(=O)N(Cc1ccccc1)NC(=O)Oc1c(F)c(F)c(F)c(F)c1F. The molecule has 0 saturated carbocycles. The molecule has 0 saturated heterocycles. The van der Waals surface area contributed by atoms with Crippen molar-refractivity contribution in [1.29, 1.82) is 0 Å². The summed E-state index contributed by atoms with van der Waals surface area (Å²) in [4.78, 5) is 24.4. The number of benzene rings is 2. The Hall–Kier alpha value is -3.37. The third kappa shape index (κ3) is 5.58. The summed E-state index contributed by atoms with van der Waals surface area (Å²) in [6, 6.07) is 8.21. The van der Waals surface area contributed by atoms with Crippen LogP contribution in [0.15, 0.2) is 30.3 Å². The molecule has 2 amide bonds. The first kappa shape index (κ1) is 22.9. The van der Waals surface area contributed by atoms with Crippen LogP contribution in [0.1, 0.15) is 26.3 Å². The monoisotopic (exact) mass is 432 g/mol. The molecule has 2 aromatic carbocycles. The van der Waals surface area contributed by atoms with Crippen molar-refractivity contribution in [3.8, 4) is 5.75 Å². The summed E-state index contributed by atoms with van der Waals surface area (Å²) < 4.78 is 76.4. The molecule has 0 aliphatic heterocycles. The number of nitrogens with one attached hydrogen (secondary N) is 1. The van der Waals surface area contributed by atoms with Gasteiger partial charge in [0.1, 0.15) is 5.60 Å². The van der Waals surface area contributed by atoms with Gasteiger partial charge in [-0.3, -0.25) is 0 Å². The Bertz CT molecular complexity index is 919. The topological polar surface area (TPSA) is 67.9 Å². The van der Waals surface area contributed by atoms with E-state index in [9.17, 15) is 31.5 Å². The molecular weight excluding hydrogens is 415 g/mol. The predicted molar refractivity (Wildman–Crippen MR) is 93.6 cm³/mol.